The summed E-state index contributed by atoms with van der Waals surface area (Å²) in [6.45, 7) is 5.18. The van der Waals surface area contributed by atoms with Crippen molar-refractivity contribution in [3.8, 4) is 0 Å². The van der Waals surface area contributed by atoms with E-state index in [0.717, 1.165) is 6.54 Å². The molecule has 0 saturated carbocycles. The van der Waals surface area contributed by atoms with Gasteiger partial charge in [-0.1, -0.05) is 0 Å². The van der Waals surface area contributed by atoms with Gasteiger partial charge in [-0.3, -0.25) is 4.99 Å². The third kappa shape index (κ3) is 0.918. The maximum absolute atomic E-state index is 4.13. The SMILES string of the molecule is CC1(C)CNC=N1. The molecule has 0 radical (unpaired) electrons. The Labute approximate surface area is 43.6 Å². The lowest BCUT2D eigenvalue weighted by atomic mass is 10.1. The number of nitrogens with one attached hydrogen (secondary N) is 1. The van der Waals surface area contributed by atoms with E-state index in [1.165, 1.54) is 0 Å². The van der Waals surface area contributed by atoms with E-state index in [4.69, 9.17) is 0 Å². The van der Waals surface area contributed by atoms with Crippen molar-refractivity contribution >= 4 is 6.34 Å². The Morgan fingerprint density at radius 1 is 1.71 bits per heavy atom. The molecule has 1 N–H and O–H groups in total. The Kier molecular flexibility index (Phi) is 0.805. The van der Waals surface area contributed by atoms with Crippen molar-refractivity contribution < 1.29 is 0 Å². The molecule has 0 aromatic rings. The molecule has 0 bridgehead atoms. The number of rotatable bonds is 0. The van der Waals surface area contributed by atoms with E-state index in [0.29, 0.717) is 0 Å². The predicted octanol–water partition coefficient (Wildman–Crippen LogP) is 0.397. The Hall–Kier alpha value is -0.530. The molecule has 2 nitrogen and oxygen atoms in total. The van der Waals surface area contributed by atoms with Gasteiger partial charge in [-0.05, 0) is 13.8 Å². The van der Waals surface area contributed by atoms with Crippen molar-refractivity contribution in [3.63, 3.8) is 0 Å². The summed E-state index contributed by atoms with van der Waals surface area (Å²) in [5.74, 6) is 0. The highest BCUT2D eigenvalue weighted by molar-refractivity contribution is 5.57. The fourth-order valence-corrected chi connectivity index (χ4v) is 0.561. The van der Waals surface area contributed by atoms with Gasteiger partial charge >= 0.3 is 0 Å². The molecule has 0 aliphatic carbocycles. The first kappa shape index (κ1) is 4.62. The molecule has 0 aromatic heterocycles. The van der Waals surface area contributed by atoms with Crippen molar-refractivity contribution in [2.24, 2.45) is 4.99 Å². The summed E-state index contributed by atoms with van der Waals surface area (Å²) in [4.78, 5) is 4.13. The van der Waals surface area contributed by atoms with E-state index in [1.54, 1.807) is 6.34 Å². The van der Waals surface area contributed by atoms with E-state index in [1.807, 2.05) is 0 Å². The minimum Gasteiger partial charge on any atom is -0.374 e. The first-order valence-electron chi connectivity index (χ1n) is 2.48. The topological polar surface area (TPSA) is 24.4 Å². The molecule has 1 aliphatic heterocycles. The summed E-state index contributed by atoms with van der Waals surface area (Å²) in [5, 5.41) is 3.02. The van der Waals surface area contributed by atoms with Crippen LogP contribution in [0.1, 0.15) is 13.8 Å². The summed E-state index contributed by atoms with van der Waals surface area (Å²) in [7, 11) is 0. The van der Waals surface area contributed by atoms with Crippen LogP contribution in [0.4, 0.5) is 0 Å². The van der Waals surface area contributed by atoms with Gasteiger partial charge in [0, 0.05) is 6.54 Å². The lowest BCUT2D eigenvalue weighted by molar-refractivity contribution is 0.549. The minimum atomic E-state index is 0.153. The molecule has 1 rings (SSSR count). The van der Waals surface area contributed by atoms with Crippen molar-refractivity contribution in [1.82, 2.24) is 5.32 Å². The Morgan fingerprint density at radius 2 is 2.43 bits per heavy atom. The zero-order chi connectivity index (χ0) is 5.33. The van der Waals surface area contributed by atoms with Gasteiger partial charge in [-0.2, -0.15) is 0 Å². The van der Waals surface area contributed by atoms with Crippen LogP contribution in [0.5, 0.6) is 0 Å². The molecular formula is C5H10N2. The van der Waals surface area contributed by atoms with Gasteiger partial charge in [0.15, 0.2) is 0 Å². The van der Waals surface area contributed by atoms with E-state index >= 15 is 0 Å². The zero-order valence-corrected chi connectivity index (χ0v) is 4.73. The van der Waals surface area contributed by atoms with Crippen LogP contribution in [0.2, 0.25) is 0 Å². The van der Waals surface area contributed by atoms with Crippen molar-refractivity contribution in [2.45, 2.75) is 19.4 Å². The molecule has 0 saturated heterocycles. The monoisotopic (exact) mass is 98.1 g/mol. The van der Waals surface area contributed by atoms with Crippen LogP contribution < -0.4 is 5.32 Å². The van der Waals surface area contributed by atoms with Crippen LogP contribution >= 0.6 is 0 Å². The summed E-state index contributed by atoms with van der Waals surface area (Å²) in [6, 6.07) is 0. The normalized spacial score (nSPS) is 24.9. The van der Waals surface area contributed by atoms with Gasteiger partial charge in [0.2, 0.25) is 0 Å². The van der Waals surface area contributed by atoms with E-state index in [-0.39, 0.29) is 5.54 Å². The first-order valence-corrected chi connectivity index (χ1v) is 2.48. The van der Waals surface area contributed by atoms with E-state index < -0.39 is 0 Å². The highest BCUT2D eigenvalue weighted by Crippen LogP contribution is 2.08. The highest BCUT2D eigenvalue weighted by atomic mass is 15.1. The third-order valence-corrected chi connectivity index (χ3v) is 1.04. The maximum Gasteiger partial charge on any atom is 0.0832 e. The smallest absolute Gasteiger partial charge is 0.0832 e. The molecule has 0 spiro atoms. The molecule has 0 aromatic carbocycles. The minimum absolute atomic E-state index is 0.153. The average molecular weight is 98.1 g/mol. The van der Waals surface area contributed by atoms with Crippen LogP contribution in [0.15, 0.2) is 4.99 Å². The number of hydrogen-bond donors (Lipinski definition) is 1. The molecule has 2 heteroatoms. The van der Waals surface area contributed by atoms with E-state index in [2.05, 4.69) is 24.2 Å². The lowest BCUT2D eigenvalue weighted by Crippen LogP contribution is -2.23. The zero-order valence-electron chi connectivity index (χ0n) is 4.73. The lowest BCUT2D eigenvalue weighted by Gasteiger charge is -2.09. The largest absolute Gasteiger partial charge is 0.374 e. The van der Waals surface area contributed by atoms with Crippen LogP contribution in [0.3, 0.4) is 0 Å². The van der Waals surface area contributed by atoms with E-state index in [9.17, 15) is 0 Å². The van der Waals surface area contributed by atoms with Gasteiger partial charge < -0.3 is 5.32 Å². The van der Waals surface area contributed by atoms with Gasteiger partial charge in [0.25, 0.3) is 0 Å². The molecule has 40 valence electrons. The molecular weight excluding hydrogens is 88.1 g/mol. The molecule has 1 aliphatic rings. The summed E-state index contributed by atoms with van der Waals surface area (Å²) < 4.78 is 0. The Balaban J connectivity index is 2.57. The van der Waals surface area contributed by atoms with Gasteiger partial charge in [-0.25, -0.2) is 0 Å². The summed E-state index contributed by atoms with van der Waals surface area (Å²) >= 11 is 0. The van der Waals surface area contributed by atoms with Crippen LogP contribution in [0, 0.1) is 0 Å². The first-order chi connectivity index (χ1) is 3.21. The van der Waals surface area contributed by atoms with Crippen LogP contribution in [-0.2, 0) is 0 Å². The standard InChI is InChI=1S/C5H10N2/c1-5(2)3-6-4-7-5/h4H,3H2,1-2H3,(H,6,7). The fourth-order valence-electron chi connectivity index (χ4n) is 0.561. The molecule has 0 unspecified atom stereocenters. The van der Waals surface area contributed by atoms with Gasteiger partial charge in [0.1, 0.15) is 0 Å². The quantitative estimate of drug-likeness (QED) is 0.466. The summed E-state index contributed by atoms with van der Waals surface area (Å²) in [5.41, 5.74) is 0.153. The second-order valence-electron chi connectivity index (χ2n) is 2.45. The Bertz CT molecular complexity index is 94.3. The van der Waals surface area contributed by atoms with Crippen LogP contribution in [-0.4, -0.2) is 18.4 Å². The molecule has 7 heavy (non-hydrogen) atoms. The summed E-state index contributed by atoms with van der Waals surface area (Å²) in [6.07, 6.45) is 1.76. The maximum atomic E-state index is 4.13. The number of nitrogens with zero attached hydrogens (tertiary/aromatic N) is 1. The number of hydrogen-bond acceptors (Lipinski definition) is 2. The molecule has 1 heterocycles. The Morgan fingerprint density at radius 3 is 2.57 bits per heavy atom. The highest BCUT2D eigenvalue weighted by Gasteiger charge is 2.17. The second-order valence-corrected chi connectivity index (χ2v) is 2.45. The van der Waals surface area contributed by atoms with Crippen molar-refractivity contribution in [3.05, 3.63) is 0 Å². The van der Waals surface area contributed by atoms with Gasteiger partial charge in [-0.15, -0.1) is 0 Å². The second kappa shape index (κ2) is 1.22. The fraction of sp³-hybridized carbons (Fsp3) is 0.800. The van der Waals surface area contributed by atoms with Gasteiger partial charge in [0.05, 0.1) is 11.9 Å². The molecule has 0 amide bonds. The average Bonchev–Trinajstić information content (AvgIpc) is 1.84. The molecule has 0 atom stereocenters. The third-order valence-electron chi connectivity index (χ3n) is 1.04. The molecule has 0 fully saturated rings. The predicted molar refractivity (Wildman–Crippen MR) is 30.6 cm³/mol. The van der Waals surface area contributed by atoms with Crippen molar-refractivity contribution in [1.29, 1.82) is 0 Å². The van der Waals surface area contributed by atoms with Crippen LogP contribution in [0.25, 0.3) is 0 Å². The number of aliphatic imine (C=N–C) groups is 1. The van der Waals surface area contributed by atoms with Crippen molar-refractivity contribution in [2.75, 3.05) is 6.54 Å².